The van der Waals surface area contributed by atoms with E-state index in [9.17, 15) is 12.8 Å². The highest BCUT2D eigenvalue weighted by molar-refractivity contribution is 7.89. The number of hydrogen-bond acceptors (Lipinski definition) is 5. The van der Waals surface area contributed by atoms with Gasteiger partial charge in [0.2, 0.25) is 10.0 Å². The molecule has 20 heavy (non-hydrogen) atoms. The summed E-state index contributed by atoms with van der Waals surface area (Å²) < 4.78 is 41.2. The number of nitrogens with zero attached hydrogens (tertiary/aromatic N) is 3. The molecular formula is C11H14FN5O2S. The normalized spacial score (nSPS) is 11.8. The zero-order valence-electron chi connectivity index (χ0n) is 10.7. The Morgan fingerprint density at radius 2 is 2.20 bits per heavy atom. The molecule has 7 nitrogen and oxygen atoms in total. The van der Waals surface area contributed by atoms with Crippen LogP contribution in [-0.2, 0) is 30.2 Å². The number of aryl methyl sites for hydroxylation is 1. The molecule has 1 aromatic heterocycles. The molecule has 0 fully saturated rings. The summed E-state index contributed by atoms with van der Waals surface area (Å²) in [5, 5.41) is 3.95. The summed E-state index contributed by atoms with van der Waals surface area (Å²) in [6.07, 6.45) is 1.47. The van der Waals surface area contributed by atoms with Crippen molar-refractivity contribution in [2.45, 2.75) is 18.0 Å². The fourth-order valence-corrected chi connectivity index (χ4v) is 2.61. The molecule has 0 bridgehead atoms. The third-order valence-corrected chi connectivity index (χ3v) is 4.01. The molecular weight excluding hydrogens is 285 g/mol. The van der Waals surface area contributed by atoms with Gasteiger partial charge in [0.05, 0.1) is 11.4 Å². The second-order valence-electron chi connectivity index (χ2n) is 4.12. The Labute approximate surface area is 115 Å². The molecule has 1 heterocycles. The summed E-state index contributed by atoms with van der Waals surface area (Å²) in [5.41, 5.74) is 5.50. The van der Waals surface area contributed by atoms with Crippen molar-refractivity contribution in [3.63, 3.8) is 0 Å². The maximum absolute atomic E-state index is 13.3. The molecule has 0 saturated heterocycles. The number of halogens is 1. The van der Waals surface area contributed by atoms with Crippen LogP contribution in [-0.4, -0.2) is 23.2 Å². The maximum atomic E-state index is 13.3. The third-order valence-electron chi connectivity index (χ3n) is 2.61. The lowest BCUT2D eigenvalue weighted by Crippen LogP contribution is -2.24. The van der Waals surface area contributed by atoms with Crippen molar-refractivity contribution in [2.24, 2.45) is 12.8 Å². The fourth-order valence-electron chi connectivity index (χ4n) is 1.58. The van der Waals surface area contributed by atoms with Gasteiger partial charge in [-0.3, -0.25) is 4.68 Å². The number of rotatable bonds is 5. The minimum absolute atomic E-state index is 0.0431. The van der Waals surface area contributed by atoms with E-state index in [0.29, 0.717) is 5.82 Å². The fraction of sp³-hybridized carbons (Fsp3) is 0.273. The first-order valence-corrected chi connectivity index (χ1v) is 7.23. The van der Waals surface area contributed by atoms with Crippen molar-refractivity contribution in [3.8, 4) is 0 Å². The number of hydrogen-bond donors (Lipinski definition) is 2. The predicted octanol–water partition coefficient (Wildman–Crippen LogP) is -0.109. The van der Waals surface area contributed by atoms with Crippen molar-refractivity contribution in [3.05, 3.63) is 41.7 Å². The molecule has 0 unspecified atom stereocenters. The van der Waals surface area contributed by atoms with Gasteiger partial charge in [-0.25, -0.2) is 22.5 Å². The molecule has 3 N–H and O–H groups in total. The summed E-state index contributed by atoms with van der Waals surface area (Å²) in [5.74, 6) is -0.185. The maximum Gasteiger partial charge on any atom is 0.240 e. The van der Waals surface area contributed by atoms with Crippen LogP contribution < -0.4 is 10.5 Å². The van der Waals surface area contributed by atoms with Crippen LogP contribution in [0.5, 0.6) is 0 Å². The van der Waals surface area contributed by atoms with Crippen LogP contribution in [0.15, 0.2) is 29.4 Å². The molecule has 0 radical (unpaired) electrons. The van der Waals surface area contributed by atoms with Crippen LogP contribution in [0.4, 0.5) is 4.39 Å². The molecule has 0 saturated carbocycles. The Hall–Kier alpha value is -1.84. The summed E-state index contributed by atoms with van der Waals surface area (Å²) in [6.45, 7) is -0.116. The smallest absolute Gasteiger partial charge is 0.240 e. The highest BCUT2D eigenvalue weighted by Gasteiger charge is 2.16. The van der Waals surface area contributed by atoms with Gasteiger partial charge < -0.3 is 5.73 Å². The van der Waals surface area contributed by atoms with Crippen molar-refractivity contribution in [1.29, 1.82) is 0 Å². The second-order valence-corrected chi connectivity index (χ2v) is 5.88. The van der Waals surface area contributed by atoms with Crippen LogP contribution in [0, 0.1) is 5.82 Å². The third kappa shape index (κ3) is 3.18. The van der Waals surface area contributed by atoms with E-state index in [2.05, 4.69) is 14.8 Å². The number of benzene rings is 1. The van der Waals surface area contributed by atoms with Gasteiger partial charge in [0.1, 0.15) is 12.1 Å². The standard InChI is InChI=1S/C11H14FN5O2S/c1-17-7-14-11(16-17)6-15-20(18,19)9-2-3-10(12)8(4-9)5-13/h2-4,7,15H,5-6,13H2,1H3. The number of nitrogens with one attached hydrogen (secondary N) is 1. The Bertz CT molecular complexity index is 713. The van der Waals surface area contributed by atoms with E-state index in [1.165, 1.54) is 23.1 Å². The van der Waals surface area contributed by atoms with E-state index in [4.69, 9.17) is 5.73 Å². The number of aromatic nitrogens is 3. The van der Waals surface area contributed by atoms with Gasteiger partial charge in [-0.15, -0.1) is 0 Å². The van der Waals surface area contributed by atoms with Gasteiger partial charge in [-0.1, -0.05) is 0 Å². The molecule has 0 atom stereocenters. The second kappa shape index (κ2) is 5.65. The van der Waals surface area contributed by atoms with Gasteiger partial charge in [-0.2, -0.15) is 5.10 Å². The Balaban J connectivity index is 2.17. The number of nitrogens with two attached hydrogens (primary N) is 1. The van der Waals surface area contributed by atoms with Gasteiger partial charge in [0.15, 0.2) is 5.82 Å². The predicted molar refractivity (Wildman–Crippen MR) is 69.3 cm³/mol. The van der Waals surface area contributed by atoms with E-state index in [0.717, 1.165) is 6.07 Å². The molecule has 9 heteroatoms. The SMILES string of the molecule is Cn1cnc(CNS(=O)(=O)c2ccc(F)c(CN)c2)n1. The molecule has 2 aromatic rings. The molecule has 0 spiro atoms. The van der Waals surface area contributed by atoms with Crippen LogP contribution in [0.1, 0.15) is 11.4 Å². The average Bonchev–Trinajstić information content (AvgIpc) is 2.83. The van der Waals surface area contributed by atoms with Crippen LogP contribution in [0.25, 0.3) is 0 Å². The van der Waals surface area contributed by atoms with Crippen molar-refractivity contribution >= 4 is 10.0 Å². The largest absolute Gasteiger partial charge is 0.326 e. The van der Waals surface area contributed by atoms with Gasteiger partial charge in [0.25, 0.3) is 0 Å². The van der Waals surface area contributed by atoms with Gasteiger partial charge in [0, 0.05) is 19.2 Å². The molecule has 0 aliphatic heterocycles. The molecule has 0 amide bonds. The first-order valence-electron chi connectivity index (χ1n) is 5.75. The lowest BCUT2D eigenvalue weighted by molar-refractivity contribution is 0.576. The topological polar surface area (TPSA) is 103 Å². The van der Waals surface area contributed by atoms with Crippen molar-refractivity contribution in [1.82, 2.24) is 19.5 Å². The van der Waals surface area contributed by atoms with E-state index in [1.807, 2.05) is 0 Å². The Kier molecular flexibility index (Phi) is 4.12. The summed E-state index contributed by atoms with van der Waals surface area (Å²) in [6, 6.07) is 3.47. The quantitative estimate of drug-likeness (QED) is 0.802. The Morgan fingerprint density at radius 3 is 2.80 bits per heavy atom. The van der Waals surface area contributed by atoms with E-state index in [1.54, 1.807) is 7.05 Å². The minimum atomic E-state index is -3.76. The summed E-state index contributed by atoms with van der Waals surface area (Å²) in [7, 11) is -2.08. The average molecular weight is 299 g/mol. The van der Waals surface area contributed by atoms with Crippen LogP contribution in [0.3, 0.4) is 0 Å². The van der Waals surface area contributed by atoms with Gasteiger partial charge in [-0.05, 0) is 18.2 Å². The first kappa shape index (κ1) is 14.6. The highest BCUT2D eigenvalue weighted by Crippen LogP contribution is 2.14. The van der Waals surface area contributed by atoms with Crippen LogP contribution in [0.2, 0.25) is 0 Å². The molecule has 108 valence electrons. The highest BCUT2D eigenvalue weighted by atomic mass is 32.2. The Morgan fingerprint density at radius 1 is 1.45 bits per heavy atom. The minimum Gasteiger partial charge on any atom is -0.326 e. The van der Waals surface area contributed by atoms with E-state index < -0.39 is 15.8 Å². The summed E-state index contributed by atoms with van der Waals surface area (Å²) in [4.78, 5) is 3.86. The van der Waals surface area contributed by atoms with Gasteiger partial charge >= 0.3 is 0 Å². The monoisotopic (exact) mass is 299 g/mol. The molecule has 2 rings (SSSR count). The summed E-state index contributed by atoms with van der Waals surface area (Å²) >= 11 is 0. The van der Waals surface area contributed by atoms with Crippen LogP contribution >= 0.6 is 0 Å². The first-order chi connectivity index (χ1) is 9.42. The number of sulfonamides is 1. The zero-order valence-corrected chi connectivity index (χ0v) is 11.6. The molecule has 1 aromatic carbocycles. The lowest BCUT2D eigenvalue weighted by atomic mass is 10.2. The van der Waals surface area contributed by atoms with E-state index >= 15 is 0 Å². The zero-order chi connectivity index (χ0) is 14.8. The van der Waals surface area contributed by atoms with Crippen molar-refractivity contribution < 1.29 is 12.8 Å². The lowest BCUT2D eigenvalue weighted by Gasteiger charge is -2.07. The molecule has 0 aliphatic rings. The van der Waals surface area contributed by atoms with E-state index in [-0.39, 0.29) is 23.5 Å². The molecule has 0 aliphatic carbocycles. The van der Waals surface area contributed by atoms with Crippen molar-refractivity contribution in [2.75, 3.05) is 0 Å².